The van der Waals surface area contributed by atoms with Crippen LogP contribution in [0.3, 0.4) is 0 Å². The first-order valence-electron chi connectivity index (χ1n) is 9.79. The predicted octanol–water partition coefficient (Wildman–Crippen LogP) is -0.131. The van der Waals surface area contributed by atoms with E-state index < -0.39 is 0 Å². The number of hydrogen-bond donors (Lipinski definition) is 0. The summed E-state index contributed by atoms with van der Waals surface area (Å²) in [6.45, 7) is 43.9. The molecule has 0 saturated carbocycles. The van der Waals surface area contributed by atoms with Gasteiger partial charge in [-0.15, -0.1) is 0 Å². The smallest absolute Gasteiger partial charge is 0.0000930 e. The molecule has 0 bridgehead atoms. The molecule has 30 heavy (non-hydrogen) atoms. The van der Waals surface area contributed by atoms with Gasteiger partial charge >= 0.3 is 0 Å². The fraction of sp³-hybridized carbons (Fsp3) is 0. The molecule has 6 rings (SSSR count). The lowest BCUT2D eigenvalue weighted by molar-refractivity contribution is 1.59. The Balaban J connectivity index is 2.47. The van der Waals surface area contributed by atoms with Crippen molar-refractivity contribution >= 4 is 120 Å². The molecule has 0 atom stereocenters. The topological polar surface area (TPSA) is 0 Å². The highest BCUT2D eigenvalue weighted by atomic mass is 14.3. The molecule has 0 unspecified atom stereocenters. The quantitative estimate of drug-likeness (QED) is 0.322. The minimum Gasteiger partial charge on any atom is -0.0905 e. The van der Waals surface area contributed by atoms with E-state index in [1.54, 1.807) is 0 Å². The normalized spacial score (nSPS) is 12.7. The Hall–Kier alpha value is -3.90. The highest BCUT2D eigenvalue weighted by Gasteiger charge is 2.24. The maximum absolute atomic E-state index is 4.39. The summed E-state index contributed by atoms with van der Waals surface area (Å²) in [5.74, 6) is 0. The van der Waals surface area contributed by atoms with Crippen molar-refractivity contribution in [2.75, 3.05) is 0 Å². The van der Waals surface area contributed by atoms with Gasteiger partial charge in [0, 0.05) is 0 Å². The molecule has 0 N–H and O–H groups in total. The molecule has 0 amide bonds. The predicted molar refractivity (Wildman–Crippen MR) is 139 cm³/mol. The van der Waals surface area contributed by atoms with Crippen LogP contribution in [0.2, 0.25) is 0 Å². The van der Waals surface area contributed by atoms with E-state index in [0.717, 1.165) is 106 Å². The van der Waals surface area contributed by atoms with Gasteiger partial charge in [-0.3, -0.25) is 0 Å². The monoisotopic (exact) mass is 380 g/mol. The van der Waals surface area contributed by atoms with Gasteiger partial charge in [-0.25, -0.2) is 0 Å². The Morgan fingerprint density at radius 1 is 0.167 bits per heavy atom. The van der Waals surface area contributed by atoms with Crippen molar-refractivity contribution in [1.29, 1.82) is 0 Å². The largest absolute Gasteiger partial charge is 0.0905 e. The third-order valence-corrected chi connectivity index (χ3v) is 7.34. The lowest BCUT2D eigenvalue weighted by Crippen LogP contribution is -2.39. The van der Waals surface area contributed by atoms with Gasteiger partial charge in [0.05, 0.1) is 0 Å². The molecule has 140 valence electrons. The molecule has 0 heteroatoms. The molecule has 0 aliphatic rings. The minimum absolute atomic E-state index is 0.868. The minimum atomic E-state index is 0.868. The molecule has 0 aromatic heterocycles. The second kappa shape index (κ2) is 4.63. The Labute approximate surface area is 172 Å². The summed E-state index contributed by atoms with van der Waals surface area (Å²) in [5, 5.41) is 19.5. The fourth-order valence-corrected chi connectivity index (χ4v) is 5.80. The van der Waals surface area contributed by atoms with E-state index in [-0.39, 0.29) is 0 Å². The van der Waals surface area contributed by atoms with Crippen molar-refractivity contribution in [3.63, 3.8) is 0 Å². The van der Waals surface area contributed by atoms with E-state index in [4.69, 9.17) is 0 Å². The number of benzene rings is 5. The average molecular weight is 380 g/mol. The Kier molecular flexibility index (Phi) is 2.62. The lowest BCUT2D eigenvalue weighted by Gasteiger charge is -2.10. The zero-order chi connectivity index (χ0) is 21.5. The number of hydrogen-bond acceptors (Lipinski definition) is 0. The van der Waals surface area contributed by atoms with Gasteiger partial charge in [0.15, 0.2) is 0 Å². The summed E-state index contributed by atoms with van der Waals surface area (Å²) in [4.78, 5) is 0. The molecule has 0 aliphatic heterocycles. The van der Waals surface area contributed by atoms with Crippen LogP contribution in [0.1, 0.15) is 0 Å². The molecule has 0 nitrogen and oxygen atoms in total. The van der Waals surface area contributed by atoms with Crippen LogP contribution in [0.4, 0.5) is 0 Å². The first-order valence-corrected chi connectivity index (χ1v) is 9.79. The number of rotatable bonds is 0. The van der Waals surface area contributed by atoms with E-state index in [1.807, 2.05) is 0 Å². The zero-order valence-corrected chi connectivity index (χ0v) is 17.1. The molecule has 6 aromatic rings. The third-order valence-electron chi connectivity index (χ3n) is 7.34. The third kappa shape index (κ3) is 1.39. The SMILES string of the molecule is C=c1c(=C)c2c(=C)c(=C)c3c(=C)c(=C)c4c(=C)c(=C)c5c(=C)c(=C)c1c1c2c3c4c51. The van der Waals surface area contributed by atoms with Crippen LogP contribution in [0.25, 0.3) is 120 Å². The zero-order valence-electron chi connectivity index (χ0n) is 17.1. The van der Waals surface area contributed by atoms with E-state index in [1.165, 1.54) is 0 Å². The first kappa shape index (κ1) is 17.0. The van der Waals surface area contributed by atoms with Gasteiger partial charge in [0.2, 0.25) is 0 Å². The molecule has 0 radical (unpaired) electrons. The van der Waals surface area contributed by atoms with Crippen LogP contribution in [0.15, 0.2) is 0 Å². The maximum atomic E-state index is 4.39. The van der Waals surface area contributed by atoms with Gasteiger partial charge in [0.25, 0.3) is 0 Å². The van der Waals surface area contributed by atoms with Crippen molar-refractivity contribution in [3.05, 3.63) is 52.2 Å². The fourth-order valence-electron chi connectivity index (χ4n) is 5.80. The van der Waals surface area contributed by atoms with Gasteiger partial charge in [0.1, 0.15) is 0 Å². The lowest BCUT2D eigenvalue weighted by atomic mass is 9.93. The molecule has 0 spiro atoms. The first-order chi connectivity index (χ1) is 14.1. The molecule has 0 aliphatic carbocycles. The second-order valence-electron chi connectivity index (χ2n) is 8.54. The maximum Gasteiger partial charge on any atom is -0.0000930 e. The van der Waals surface area contributed by atoms with Crippen LogP contribution < -0.4 is 52.2 Å². The van der Waals surface area contributed by atoms with Gasteiger partial charge in [-0.2, -0.15) is 0 Å². The van der Waals surface area contributed by atoms with Crippen molar-refractivity contribution < 1.29 is 0 Å². The van der Waals surface area contributed by atoms with Crippen LogP contribution >= 0.6 is 0 Å². The summed E-state index contributed by atoms with van der Waals surface area (Å²) in [5.41, 5.74) is 0. The summed E-state index contributed by atoms with van der Waals surface area (Å²) in [6.07, 6.45) is 0. The van der Waals surface area contributed by atoms with Crippen molar-refractivity contribution in [2.45, 2.75) is 0 Å². The Morgan fingerprint density at radius 2 is 0.267 bits per heavy atom. The Bertz CT molecular complexity index is 1790. The average Bonchev–Trinajstić information content (AvgIpc) is 3.02. The highest BCUT2D eigenvalue weighted by molar-refractivity contribution is 6.44. The standard InChI is InChI=1S/C30H20/c1-11-12(2)22-15(5)16(6)24-19(9)20(10)25-18(8)17(7)23-14(4)13(3)21(11)26-27(22)29(24)30(25)28(23)26/h1-10H2. The Morgan fingerprint density at radius 3 is 0.367 bits per heavy atom. The van der Waals surface area contributed by atoms with Gasteiger partial charge < -0.3 is 0 Å². The molecular weight excluding hydrogens is 360 g/mol. The van der Waals surface area contributed by atoms with Crippen LogP contribution in [-0.4, -0.2) is 0 Å². The van der Waals surface area contributed by atoms with E-state index in [9.17, 15) is 0 Å². The van der Waals surface area contributed by atoms with Crippen molar-refractivity contribution in [3.8, 4) is 0 Å². The van der Waals surface area contributed by atoms with Crippen LogP contribution in [0.5, 0.6) is 0 Å². The van der Waals surface area contributed by atoms with E-state index >= 15 is 0 Å². The van der Waals surface area contributed by atoms with Crippen molar-refractivity contribution in [1.82, 2.24) is 0 Å². The van der Waals surface area contributed by atoms with E-state index in [2.05, 4.69) is 65.8 Å². The molecule has 6 aromatic carbocycles. The van der Waals surface area contributed by atoms with E-state index in [0.29, 0.717) is 0 Å². The van der Waals surface area contributed by atoms with Gasteiger partial charge in [-0.1, -0.05) is 65.8 Å². The molecular formula is C30H20. The molecule has 0 saturated heterocycles. The van der Waals surface area contributed by atoms with Crippen LogP contribution in [-0.2, 0) is 0 Å². The van der Waals surface area contributed by atoms with Crippen LogP contribution in [0, 0.1) is 0 Å². The second-order valence-corrected chi connectivity index (χ2v) is 8.54. The summed E-state index contributed by atoms with van der Waals surface area (Å²) < 4.78 is 0. The van der Waals surface area contributed by atoms with Gasteiger partial charge in [-0.05, 0) is 106 Å². The molecule has 0 heterocycles. The summed E-state index contributed by atoms with van der Waals surface area (Å²) in [6, 6.07) is 0. The molecule has 0 fully saturated rings. The summed E-state index contributed by atoms with van der Waals surface area (Å²) >= 11 is 0. The summed E-state index contributed by atoms with van der Waals surface area (Å²) in [7, 11) is 0. The highest BCUT2D eigenvalue weighted by Crippen LogP contribution is 2.40. The van der Waals surface area contributed by atoms with Crippen molar-refractivity contribution in [2.24, 2.45) is 0 Å².